The van der Waals surface area contributed by atoms with Gasteiger partial charge in [-0.3, -0.25) is 4.79 Å². The van der Waals surface area contributed by atoms with E-state index in [9.17, 15) is 17.6 Å². The summed E-state index contributed by atoms with van der Waals surface area (Å²) >= 11 is 0. The van der Waals surface area contributed by atoms with E-state index in [1.54, 1.807) is 12.1 Å². The van der Waals surface area contributed by atoms with Gasteiger partial charge in [0.15, 0.2) is 9.84 Å². The van der Waals surface area contributed by atoms with Crippen molar-refractivity contribution in [3.05, 3.63) is 46.4 Å². The Morgan fingerprint density at radius 1 is 1.36 bits per heavy atom. The maximum atomic E-state index is 14.1. The van der Waals surface area contributed by atoms with E-state index in [-0.39, 0.29) is 30.5 Å². The minimum atomic E-state index is -3.16. The lowest BCUT2D eigenvalue weighted by Crippen LogP contribution is -2.29. The lowest BCUT2D eigenvalue weighted by Gasteiger charge is -2.13. The smallest absolute Gasteiger partial charge is 0.220 e. The van der Waals surface area contributed by atoms with Gasteiger partial charge >= 0.3 is 0 Å². The fourth-order valence-electron chi connectivity index (χ4n) is 2.36. The Hall–Kier alpha value is -1.69. The molecular weight excluding hydrogens is 305 g/mol. The Bertz CT molecular complexity index is 697. The molecule has 2 atom stereocenters. The number of benzene rings is 1. The first-order valence-electron chi connectivity index (χ1n) is 7.16. The third-order valence-corrected chi connectivity index (χ3v) is 5.29. The van der Waals surface area contributed by atoms with Crippen molar-refractivity contribution in [1.82, 2.24) is 5.32 Å². The second kappa shape index (κ2) is 6.60. The van der Waals surface area contributed by atoms with Gasteiger partial charge in [-0.25, -0.2) is 12.8 Å². The maximum Gasteiger partial charge on any atom is 0.220 e. The highest BCUT2D eigenvalue weighted by Crippen LogP contribution is 2.21. The average molecular weight is 325 g/mol. The zero-order chi connectivity index (χ0) is 16.3. The molecule has 0 aromatic heterocycles. The van der Waals surface area contributed by atoms with E-state index >= 15 is 0 Å². The van der Waals surface area contributed by atoms with Crippen LogP contribution in [0.15, 0.2) is 29.7 Å². The second-order valence-electron chi connectivity index (χ2n) is 5.74. The van der Waals surface area contributed by atoms with Gasteiger partial charge in [0.2, 0.25) is 5.91 Å². The van der Waals surface area contributed by atoms with Gasteiger partial charge in [-0.05, 0) is 30.5 Å². The molecule has 1 N–H and O–H groups in total. The Balaban J connectivity index is 1.83. The van der Waals surface area contributed by atoms with Crippen LogP contribution in [-0.2, 0) is 14.6 Å². The summed E-state index contributed by atoms with van der Waals surface area (Å²) in [7, 11) is -3.16. The number of amides is 1. The molecule has 6 heteroatoms. The van der Waals surface area contributed by atoms with Gasteiger partial charge in [-0.2, -0.15) is 0 Å². The maximum absolute atomic E-state index is 14.1. The zero-order valence-electron chi connectivity index (χ0n) is 12.7. The van der Waals surface area contributed by atoms with Crippen LogP contribution in [0, 0.1) is 19.8 Å². The van der Waals surface area contributed by atoms with E-state index in [0.717, 1.165) is 16.5 Å². The van der Waals surface area contributed by atoms with Crippen LogP contribution in [-0.4, -0.2) is 26.6 Å². The predicted molar refractivity (Wildman–Crippen MR) is 83.8 cm³/mol. The molecule has 1 heterocycles. The predicted octanol–water partition coefficient (Wildman–Crippen LogP) is 2.38. The summed E-state index contributed by atoms with van der Waals surface area (Å²) < 4.78 is 36.6. The van der Waals surface area contributed by atoms with Crippen LogP contribution >= 0.6 is 0 Å². The van der Waals surface area contributed by atoms with Gasteiger partial charge in [0.25, 0.3) is 0 Å². The number of alkyl halides is 1. The monoisotopic (exact) mass is 325 g/mol. The number of hydrogen-bond acceptors (Lipinski definition) is 3. The van der Waals surface area contributed by atoms with Crippen LogP contribution in [0.2, 0.25) is 0 Å². The fourth-order valence-corrected chi connectivity index (χ4v) is 3.76. The minimum absolute atomic E-state index is 0.0450. The van der Waals surface area contributed by atoms with Crippen molar-refractivity contribution in [1.29, 1.82) is 0 Å². The molecule has 1 aliphatic heterocycles. The number of nitrogens with one attached hydrogen (secondary N) is 1. The molecule has 1 amide bonds. The van der Waals surface area contributed by atoms with E-state index in [0.29, 0.717) is 5.56 Å². The normalized spacial score (nSPS) is 20.8. The molecule has 22 heavy (non-hydrogen) atoms. The molecule has 2 unspecified atom stereocenters. The van der Waals surface area contributed by atoms with Crippen molar-refractivity contribution in [2.45, 2.75) is 26.4 Å². The van der Waals surface area contributed by atoms with Crippen LogP contribution in [0.3, 0.4) is 0 Å². The number of halogens is 1. The Morgan fingerprint density at radius 2 is 2.09 bits per heavy atom. The number of rotatable bonds is 5. The molecule has 2 rings (SSSR count). The van der Waals surface area contributed by atoms with E-state index in [2.05, 4.69) is 5.32 Å². The van der Waals surface area contributed by atoms with E-state index in [4.69, 9.17) is 0 Å². The highest BCUT2D eigenvalue weighted by molar-refractivity contribution is 7.94. The highest BCUT2D eigenvalue weighted by atomic mass is 32.2. The Morgan fingerprint density at radius 3 is 2.68 bits per heavy atom. The first-order valence-corrected chi connectivity index (χ1v) is 8.87. The van der Waals surface area contributed by atoms with Crippen molar-refractivity contribution in [2.75, 3.05) is 12.3 Å². The highest BCUT2D eigenvalue weighted by Gasteiger charge is 2.24. The van der Waals surface area contributed by atoms with E-state index in [1.165, 1.54) is 6.08 Å². The Labute approximate surface area is 130 Å². The van der Waals surface area contributed by atoms with Gasteiger partial charge < -0.3 is 5.32 Å². The summed E-state index contributed by atoms with van der Waals surface area (Å²) in [6, 6.07) is 5.34. The molecule has 0 bridgehead atoms. The molecule has 0 radical (unpaired) electrons. The number of carbonyl (C=O) groups is 1. The lowest BCUT2D eigenvalue weighted by atomic mass is 10.0. The van der Waals surface area contributed by atoms with Crippen molar-refractivity contribution < 1.29 is 17.6 Å². The van der Waals surface area contributed by atoms with Crippen molar-refractivity contribution in [2.24, 2.45) is 5.92 Å². The van der Waals surface area contributed by atoms with Gasteiger partial charge in [-0.15, -0.1) is 0 Å². The summed E-state index contributed by atoms with van der Waals surface area (Å²) in [6.45, 7) is 3.76. The van der Waals surface area contributed by atoms with E-state index in [1.807, 2.05) is 19.9 Å². The summed E-state index contributed by atoms with van der Waals surface area (Å²) in [6.07, 6.45) is 0.312. The van der Waals surface area contributed by atoms with Crippen molar-refractivity contribution in [3.63, 3.8) is 0 Å². The molecule has 1 aliphatic rings. The zero-order valence-corrected chi connectivity index (χ0v) is 13.5. The largest absolute Gasteiger partial charge is 0.353 e. The molecule has 4 nitrogen and oxygen atoms in total. The summed E-state index contributed by atoms with van der Waals surface area (Å²) in [5.74, 6) is -0.695. The molecule has 0 fully saturated rings. The summed E-state index contributed by atoms with van der Waals surface area (Å²) in [4.78, 5) is 11.8. The van der Waals surface area contributed by atoms with E-state index < -0.39 is 16.0 Å². The van der Waals surface area contributed by atoms with Crippen LogP contribution in [0.5, 0.6) is 0 Å². The van der Waals surface area contributed by atoms with Crippen LogP contribution in [0.4, 0.5) is 4.39 Å². The SMILES string of the molecule is Cc1ccc(C(F)CNC(=O)CC2C=CS(=O)(=O)C2)cc1C. The fraction of sp³-hybridized carbons (Fsp3) is 0.438. The summed E-state index contributed by atoms with van der Waals surface area (Å²) in [5, 5.41) is 3.66. The minimum Gasteiger partial charge on any atom is -0.353 e. The molecule has 0 aliphatic carbocycles. The molecule has 120 valence electrons. The number of allylic oxidation sites excluding steroid dienone is 1. The molecular formula is C16H20FNO3S. The molecule has 1 aromatic rings. The van der Waals surface area contributed by atoms with Crippen molar-refractivity contribution in [3.8, 4) is 0 Å². The Kier molecular flexibility index (Phi) is 5.01. The van der Waals surface area contributed by atoms with Crippen molar-refractivity contribution >= 4 is 15.7 Å². The summed E-state index contributed by atoms with van der Waals surface area (Å²) in [5.41, 5.74) is 2.63. The van der Waals surface area contributed by atoms with Crippen LogP contribution < -0.4 is 5.32 Å². The van der Waals surface area contributed by atoms with Gasteiger partial charge in [0.05, 0.1) is 12.3 Å². The van der Waals surface area contributed by atoms with Gasteiger partial charge in [0, 0.05) is 17.7 Å². The third kappa shape index (κ3) is 4.40. The second-order valence-corrected chi connectivity index (χ2v) is 7.67. The van der Waals surface area contributed by atoms with Crippen LogP contribution in [0.25, 0.3) is 0 Å². The molecule has 0 saturated carbocycles. The first-order chi connectivity index (χ1) is 10.3. The number of carbonyl (C=O) groups excluding carboxylic acids is 1. The topological polar surface area (TPSA) is 63.2 Å². The molecule has 0 saturated heterocycles. The number of aryl methyl sites for hydroxylation is 2. The third-order valence-electron chi connectivity index (χ3n) is 3.82. The molecule has 0 spiro atoms. The van der Waals surface area contributed by atoms with Gasteiger partial charge in [0.1, 0.15) is 6.17 Å². The molecule has 1 aromatic carbocycles. The number of hydrogen-bond donors (Lipinski definition) is 1. The standard InChI is InChI=1S/C16H20FNO3S/c1-11-3-4-14(7-12(11)2)15(17)9-18-16(19)8-13-5-6-22(20,21)10-13/h3-7,13,15H,8-10H2,1-2H3,(H,18,19). The first kappa shape index (κ1) is 16.7. The lowest BCUT2D eigenvalue weighted by molar-refractivity contribution is -0.121. The quantitative estimate of drug-likeness (QED) is 0.904. The average Bonchev–Trinajstić information content (AvgIpc) is 2.78. The number of sulfone groups is 1. The van der Waals surface area contributed by atoms with Gasteiger partial charge in [-0.1, -0.05) is 24.3 Å². The van der Waals surface area contributed by atoms with Crippen LogP contribution in [0.1, 0.15) is 29.3 Å².